The molecule has 6 aromatic rings. The van der Waals surface area contributed by atoms with Crippen LogP contribution in [0.5, 0.6) is 0 Å². The number of benzene rings is 4. The number of H-pyrrole nitrogens is 2. The summed E-state index contributed by atoms with van der Waals surface area (Å²) in [6, 6.07) is 34.6. The first-order valence-electron chi connectivity index (χ1n) is 23.7. The van der Waals surface area contributed by atoms with E-state index in [0.717, 1.165) is 89.0 Å². The average Bonchev–Trinajstić information content (AvgIpc) is 4.24. The fourth-order valence-electron chi connectivity index (χ4n) is 9.82. The van der Waals surface area contributed by atoms with Gasteiger partial charge in [0.25, 0.3) is 0 Å². The minimum absolute atomic E-state index is 0.150. The number of hydrogen-bond donors (Lipinski definition) is 4. The van der Waals surface area contributed by atoms with Gasteiger partial charge in [0, 0.05) is 43.0 Å². The lowest BCUT2D eigenvalue weighted by molar-refractivity contribution is -0.140. The highest BCUT2D eigenvalue weighted by atomic mass is 16.5. The summed E-state index contributed by atoms with van der Waals surface area (Å²) in [5, 5.41) is 13.8. The molecule has 2 aromatic heterocycles. The smallest absolute Gasteiger partial charge is 0.250 e. The first-order chi connectivity index (χ1) is 33.4. The predicted molar refractivity (Wildman–Crippen MR) is 254 cm³/mol. The molecule has 4 aromatic carbocycles. The van der Waals surface area contributed by atoms with Gasteiger partial charge in [-0.25, -0.2) is 4.98 Å². The minimum Gasteiger partial charge on any atom is -0.368 e. The maximum Gasteiger partial charge on any atom is 0.250 e. The molecule has 4 amide bonds. The van der Waals surface area contributed by atoms with Crippen LogP contribution in [-0.2, 0) is 28.7 Å². The lowest BCUT2D eigenvalue weighted by Gasteiger charge is -2.29. The van der Waals surface area contributed by atoms with Crippen molar-refractivity contribution < 1.29 is 28.7 Å². The van der Waals surface area contributed by atoms with Gasteiger partial charge in [-0.3, -0.25) is 24.3 Å². The Morgan fingerprint density at radius 2 is 1.13 bits per heavy atom. The normalized spacial score (nSPS) is 20.9. The fraction of sp³-hybridized carbons (Fsp3) is 0.333. The molecule has 0 bridgehead atoms. The molecule has 0 radical (unpaired) electrons. The first-order valence-corrected chi connectivity index (χ1v) is 23.7. The molecule has 14 heteroatoms. The highest BCUT2D eigenvalue weighted by Crippen LogP contribution is 2.36. The standard InChI is InChI=1S/C54H54N8O6/c63-51(46-17-9-31-67-46)57-48(39-11-3-1-4-12-39)53(65)61-29-7-15-44(61)42-33-41(59-60-42)37-25-21-35(22-26-37)19-20-36-23-27-38(28-24-36)43-34-55-50(56-43)45-16-8-30-62(45)54(66)49(40-13-5-2-6-14-40)58-52(64)47-18-10-32-68-47/h1-6,11-14,21-28,33-34,44-49H,7-10,15-18,29-32H2,(H,55,56)(H,57,63)(H,58,64)(H,59,60)/t44-,45-,46-,47-,48+,49+/m0/s1. The first kappa shape index (κ1) is 44.5. The Balaban J connectivity index is 0.771. The summed E-state index contributed by atoms with van der Waals surface area (Å²) >= 11 is 0. The highest BCUT2D eigenvalue weighted by Gasteiger charge is 2.40. The molecule has 4 fully saturated rings. The molecule has 0 aliphatic carbocycles. The summed E-state index contributed by atoms with van der Waals surface area (Å²) in [4.78, 5) is 66.6. The Morgan fingerprint density at radius 1 is 0.618 bits per heavy atom. The Labute approximate surface area is 395 Å². The molecule has 0 spiro atoms. The van der Waals surface area contributed by atoms with E-state index in [1.54, 1.807) is 6.20 Å². The summed E-state index contributed by atoms with van der Waals surface area (Å²) in [5.74, 6) is 6.43. The van der Waals surface area contributed by atoms with Crippen molar-refractivity contribution in [3.63, 3.8) is 0 Å². The molecule has 6 atom stereocenters. The fourth-order valence-corrected chi connectivity index (χ4v) is 9.82. The van der Waals surface area contributed by atoms with E-state index in [1.807, 2.05) is 125 Å². The third-order valence-corrected chi connectivity index (χ3v) is 13.4. The second-order valence-corrected chi connectivity index (χ2v) is 17.9. The van der Waals surface area contributed by atoms with Crippen molar-refractivity contribution >= 4 is 23.6 Å². The molecule has 6 heterocycles. The Bertz CT molecular complexity index is 2600. The number of carbonyl (C=O) groups excluding carboxylic acids is 4. The van der Waals surface area contributed by atoms with Crippen molar-refractivity contribution in [2.24, 2.45) is 0 Å². The van der Waals surface area contributed by atoms with Crippen LogP contribution >= 0.6 is 0 Å². The second kappa shape index (κ2) is 20.3. The van der Waals surface area contributed by atoms with E-state index in [2.05, 4.69) is 37.7 Å². The number of carbonyl (C=O) groups is 4. The zero-order valence-electron chi connectivity index (χ0n) is 37.7. The van der Waals surface area contributed by atoms with Gasteiger partial charge >= 0.3 is 0 Å². The third-order valence-electron chi connectivity index (χ3n) is 13.4. The van der Waals surface area contributed by atoms with Crippen LogP contribution in [0.15, 0.2) is 121 Å². The zero-order valence-corrected chi connectivity index (χ0v) is 37.7. The number of nitrogens with zero attached hydrogens (tertiary/aromatic N) is 4. The van der Waals surface area contributed by atoms with Crippen LogP contribution in [0.4, 0.5) is 0 Å². The van der Waals surface area contributed by atoms with Crippen molar-refractivity contribution in [1.82, 2.24) is 40.6 Å². The number of hydrogen-bond acceptors (Lipinski definition) is 8. The lowest BCUT2D eigenvalue weighted by Crippen LogP contribution is -2.45. The van der Waals surface area contributed by atoms with Crippen LogP contribution in [-0.4, -0.2) is 92.1 Å². The van der Waals surface area contributed by atoms with Crippen LogP contribution in [0.1, 0.15) is 109 Å². The number of aromatic nitrogens is 4. The molecule has 4 saturated heterocycles. The van der Waals surface area contributed by atoms with Gasteiger partial charge in [0.05, 0.1) is 35.4 Å². The van der Waals surface area contributed by atoms with Crippen molar-refractivity contribution in [3.8, 4) is 34.4 Å². The molecule has 68 heavy (non-hydrogen) atoms. The summed E-state index contributed by atoms with van der Waals surface area (Å²) in [7, 11) is 0. The monoisotopic (exact) mass is 910 g/mol. The van der Waals surface area contributed by atoms with E-state index < -0.39 is 24.3 Å². The molecule has 0 unspecified atom stereocenters. The van der Waals surface area contributed by atoms with Crippen molar-refractivity contribution in [2.45, 2.75) is 87.7 Å². The number of nitrogens with one attached hydrogen (secondary N) is 4. The van der Waals surface area contributed by atoms with E-state index in [0.29, 0.717) is 45.0 Å². The summed E-state index contributed by atoms with van der Waals surface area (Å²) < 4.78 is 11.2. The van der Waals surface area contributed by atoms with Gasteiger partial charge in [-0.1, -0.05) is 96.8 Å². The number of amides is 4. The average molecular weight is 911 g/mol. The molecule has 4 aliphatic heterocycles. The van der Waals surface area contributed by atoms with Crippen LogP contribution in [0.25, 0.3) is 22.5 Å². The SMILES string of the molecule is O=C(N[C@@H](C(=O)N1CCC[C@H]1c1cc(-c2ccc(C#Cc3ccc(-c4cnc([C@@H]5CCCN5C(=O)[C@H](NC(=O)[C@@H]5CCCO5)c5ccccc5)[nH]4)cc3)cc2)n[nH]1)c1ccccc1)[C@@H]1CCCO1. The van der Waals surface area contributed by atoms with E-state index in [-0.39, 0.29) is 35.7 Å². The molecule has 10 rings (SSSR count). The van der Waals surface area contributed by atoms with Crippen LogP contribution in [0.2, 0.25) is 0 Å². The van der Waals surface area contributed by atoms with Crippen molar-refractivity contribution in [2.75, 3.05) is 26.3 Å². The molecular formula is C54H54N8O6. The third kappa shape index (κ3) is 9.72. The molecule has 0 saturated carbocycles. The summed E-state index contributed by atoms with van der Waals surface area (Å²) in [6.45, 7) is 2.24. The summed E-state index contributed by atoms with van der Waals surface area (Å²) in [5.41, 5.74) is 7.50. The zero-order chi connectivity index (χ0) is 46.4. The van der Waals surface area contributed by atoms with E-state index >= 15 is 0 Å². The molecule has 14 nitrogen and oxygen atoms in total. The Kier molecular flexibility index (Phi) is 13.3. The number of rotatable bonds is 12. The maximum atomic E-state index is 14.2. The van der Waals surface area contributed by atoms with Crippen LogP contribution in [0, 0.1) is 11.8 Å². The number of imidazole rings is 1. The molecule has 4 aliphatic rings. The van der Waals surface area contributed by atoms with Crippen LogP contribution < -0.4 is 10.6 Å². The predicted octanol–water partition coefficient (Wildman–Crippen LogP) is 7.27. The van der Waals surface area contributed by atoms with Gasteiger partial charge in [0.1, 0.15) is 30.1 Å². The number of likely N-dealkylation sites (tertiary alicyclic amines) is 2. The number of aromatic amines is 2. The Morgan fingerprint density at radius 3 is 1.66 bits per heavy atom. The van der Waals surface area contributed by atoms with E-state index in [4.69, 9.17) is 14.5 Å². The van der Waals surface area contributed by atoms with Crippen LogP contribution in [0.3, 0.4) is 0 Å². The van der Waals surface area contributed by atoms with E-state index in [9.17, 15) is 19.2 Å². The molecular weight excluding hydrogens is 857 g/mol. The van der Waals surface area contributed by atoms with Crippen molar-refractivity contribution in [3.05, 3.63) is 155 Å². The highest BCUT2D eigenvalue weighted by molar-refractivity contribution is 5.91. The second-order valence-electron chi connectivity index (χ2n) is 17.9. The van der Waals surface area contributed by atoms with Gasteiger partial charge in [-0.05, 0) is 98.4 Å². The minimum atomic E-state index is -0.826. The quantitative estimate of drug-likeness (QED) is 0.0929. The Hall–Kier alpha value is -7.34. The van der Waals surface area contributed by atoms with Gasteiger partial charge in [-0.2, -0.15) is 5.10 Å². The number of ether oxygens (including phenoxy) is 2. The van der Waals surface area contributed by atoms with Gasteiger partial charge in [-0.15, -0.1) is 0 Å². The van der Waals surface area contributed by atoms with Gasteiger partial charge in [0.2, 0.25) is 23.6 Å². The molecule has 4 N–H and O–H groups in total. The van der Waals surface area contributed by atoms with Gasteiger partial charge in [0.15, 0.2) is 0 Å². The van der Waals surface area contributed by atoms with E-state index in [1.165, 1.54) is 0 Å². The largest absolute Gasteiger partial charge is 0.368 e. The maximum absolute atomic E-state index is 14.2. The lowest BCUT2D eigenvalue weighted by atomic mass is 10.0. The van der Waals surface area contributed by atoms with Gasteiger partial charge < -0.3 is 34.9 Å². The summed E-state index contributed by atoms with van der Waals surface area (Å²) in [6.07, 6.45) is 6.87. The van der Waals surface area contributed by atoms with Crippen molar-refractivity contribution in [1.29, 1.82) is 0 Å². The molecule has 346 valence electrons. The topological polar surface area (TPSA) is 175 Å².